The van der Waals surface area contributed by atoms with Gasteiger partial charge in [-0.3, -0.25) is 14.9 Å². The minimum absolute atomic E-state index is 0.0180. The first-order chi connectivity index (χ1) is 9.69. The van der Waals surface area contributed by atoms with Gasteiger partial charge in [-0.2, -0.15) is 23.5 Å². The van der Waals surface area contributed by atoms with Crippen molar-refractivity contribution in [1.29, 1.82) is 0 Å². The van der Waals surface area contributed by atoms with Crippen LogP contribution in [-0.4, -0.2) is 66.8 Å². The van der Waals surface area contributed by atoms with Crippen LogP contribution in [0.15, 0.2) is 0 Å². The van der Waals surface area contributed by atoms with Gasteiger partial charge in [0.1, 0.15) is 0 Å². The van der Waals surface area contributed by atoms with Crippen LogP contribution in [0, 0.1) is 0 Å². The van der Waals surface area contributed by atoms with E-state index >= 15 is 0 Å². The maximum atomic E-state index is 12.1. The van der Waals surface area contributed by atoms with E-state index in [1.54, 1.807) is 18.8 Å². The zero-order valence-corrected chi connectivity index (χ0v) is 13.7. The largest absolute Gasteiger partial charge is 0.324 e. The van der Waals surface area contributed by atoms with E-state index < -0.39 is 0 Å². The molecule has 0 saturated carbocycles. The number of Topliss-reactive ketones (excluding diaryl/α,β-unsaturated/α-hetero) is 2. The molecule has 2 atom stereocenters. The van der Waals surface area contributed by atoms with Crippen molar-refractivity contribution in [3.63, 3.8) is 0 Å². The van der Waals surface area contributed by atoms with E-state index in [1.807, 2.05) is 11.8 Å². The molecular weight excluding hydrogens is 294 g/mol. The normalized spacial score (nSPS) is 27.2. The second-order valence-corrected chi connectivity index (χ2v) is 7.07. The van der Waals surface area contributed by atoms with E-state index in [-0.39, 0.29) is 36.7 Å². The van der Waals surface area contributed by atoms with Gasteiger partial charge < -0.3 is 11.1 Å². The molecule has 1 heterocycles. The van der Waals surface area contributed by atoms with Crippen LogP contribution in [0.1, 0.15) is 12.8 Å². The Morgan fingerprint density at radius 2 is 2.00 bits per heavy atom. The van der Waals surface area contributed by atoms with Gasteiger partial charge in [0.2, 0.25) is 0 Å². The fraction of sp³-hybridized carbons (Fsp3) is 0.846. The number of likely N-dealkylation sites (N-methyl/N-ethyl adjacent to an activating group) is 1. The van der Waals surface area contributed by atoms with Crippen LogP contribution in [0.5, 0.6) is 0 Å². The Morgan fingerprint density at radius 1 is 1.35 bits per heavy atom. The van der Waals surface area contributed by atoms with Crippen molar-refractivity contribution in [1.82, 2.24) is 10.6 Å². The van der Waals surface area contributed by atoms with E-state index in [2.05, 4.69) is 10.6 Å². The molecule has 0 aromatic rings. The second kappa shape index (κ2) is 10.6. The molecule has 116 valence electrons. The molecule has 0 aromatic carbocycles. The first-order valence-corrected chi connectivity index (χ1v) is 9.31. The molecule has 7 heteroatoms. The van der Waals surface area contributed by atoms with Gasteiger partial charge >= 0.3 is 0 Å². The molecule has 1 aliphatic heterocycles. The Balaban J connectivity index is 2.60. The Bertz CT molecular complexity index is 316. The van der Waals surface area contributed by atoms with Crippen LogP contribution in [-0.2, 0) is 9.59 Å². The molecule has 1 rings (SSSR count). The Labute approximate surface area is 129 Å². The van der Waals surface area contributed by atoms with E-state index in [4.69, 9.17) is 5.73 Å². The molecule has 0 spiro atoms. The highest BCUT2D eigenvalue weighted by Crippen LogP contribution is 2.12. The highest BCUT2D eigenvalue weighted by molar-refractivity contribution is 7.99. The summed E-state index contributed by atoms with van der Waals surface area (Å²) in [6, 6.07) is -0.450. The van der Waals surface area contributed by atoms with Crippen molar-refractivity contribution < 1.29 is 9.59 Å². The van der Waals surface area contributed by atoms with Crippen LogP contribution in [0.2, 0.25) is 0 Å². The summed E-state index contributed by atoms with van der Waals surface area (Å²) in [6.45, 7) is 0.251. The lowest BCUT2D eigenvalue weighted by atomic mass is 10.1. The summed E-state index contributed by atoms with van der Waals surface area (Å²) in [6.07, 6.45) is 2.31. The first-order valence-electron chi connectivity index (χ1n) is 7.00. The van der Waals surface area contributed by atoms with Crippen molar-refractivity contribution in [2.24, 2.45) is 5.73 Å². The lowest BCUT2D eigenvalue weighted by Crippen LogP contribution is -2.48. The van der Waals surface area contributed by atoms with Crippen molar-refractivity contribution in [3.05, 3.63) is 0 Å². The van der Waals surface area contributed by atoms with E-state index in [1.165, 1.54) is 0 Å². The van der Waals surface area contributed by atoms with Gasteiger partial charge in [-0.25, -0.2) is 0 Å². The molecule has 1 aliphatic rings. The van der Waals surface area contributed by atoms with Crippen LogP contribution < -0.4 is 16.4 Å². The predicted octanol–water partition coefficient (Wildman–Crippen LogP) is -0.110. The minimum Gasteiger partial charge on any atom is -0.324 e. The van der Waals surface area contributed by atoms with Gasteiger partial charge in [-0.15, -0.1) is 0 Å². The Hall–Kier alpha value is -0.0800. The summed E-state index contributed by atoms with van der Waals surface area (Å²) in [5.41, 5.74) is 5.43. The number of nitrogens with one attached hydrogen (secondary N) is 2. The van der Waals surface area contributed by atoms with Crippen molar-refractivity contribution >= 4 is 35.1 Å². The summed E-state index contributed by atoms with van der Waals surface area (Å²) >= 11 is 3.57. The first kappa shape index (κ1) is 18.0. The number of thioether (sulfide) groups is 2. The highest BCUT2D eigenvalue weighted by atomic mass is 32.2. The molecular formula is C13H25N3O2S2. The monoisotopic (exact) mass is 319 g/mol. The predicted molar refractivity (Wildman–Crippen MR) is 87.6 cm³/mol. The zero-order chi connectivity index (χ0) is 14.8. The summed E-state index contributed by atoms with van der Waals surface area (Å²) in [7, 11) is 1.81. The van der Waals surface area contributed by atoms with Gasteiger partial charge in [-0.05, 0) is 31.4 Å². The third-order valence-corrected chi connectivity index (χ3v) is 5.54. The number of rotatable bonds is 3. The topological polar surface area (TPSA) is 84.2 Å². The van der Waals surface area contributed by atoms with E-state index in [0.717, 1.165) is 30.1 Å². The van der Waals surface area contributed by atoms with Crippen molar-refractivity contribution in [2.45, 2.75) is 24.9 Å². The zero-order valence-electron chi connectivity index (χ0n) is 12.0. The summed E-state index contributed by atoms with van der Waals surface area (Å²) in [5, 5.41) is 6.13. The molecule has 1 saturated heterocycles. The second-order valence-electron chi connectivity index (χ2n) is 4.77. The van der Waals surface area contributed by atoms with Gasteiger partial charge in [0.05, 0.1) is 25.2 Å². The smallest absolute Gasteiger partial charge is 0.164 e. The van der Waals surface area contributed by atoms with Crippen LogP contribution >= 0.6 is 23.5 Å². The van der Waals surface area contributed by atoms with E-state index in [9.17, 15) is 9.59 Å². The average molecular weight is 319 g/mol. The minimum atomic E-state index is -0.306. The standard InChI is InChI=1S/C13H25N3O2S2/c1-15-10-8-19-4-2-3-5-20-9-11(12(17)6-14)16-7-13(10)18/h10-11,15-16H,2-9,14H2,1H3/t10-,11-/m0/s1. The fourth-order valence-electron chi connectivity index (χ4n) is 1.90. The molecule has 0 unspecified atom stereocenters. The number of hydrogen-bond donors (Lipinski definition) is 3. The van der Waals surface area contributed by atoms with Crippen LogP contribution in [0.4, 0.5) is 0 Å². The van der Waals surface area contributed by atoms with Gasteiger partial charge in [0.25, 0.3) is 0 Å². The Kier molecular flexibility index (Phi) is 9.54. The lowest BCUT2D eigenvalue weighted by molar-refractivity contribution is -0.121. The summed E-state index contributed by atoms with van der Waals surface area (Å²) in [4.78, 5) is 23.9. The molecule has 0 aromatic heterocycles. The molecule has 0 aliphatic carbocycles. The van der Waals surface area contributed by atoms with Gasteiger partial charge in [-0.1, -0.05) is 0 Å². The number of carbonyl (C=O) groups is 2. The molecule has 0 radical (unpaired) electrons. The molecule has 1 fully saturated rings. The molecule has 20 heavy (non-hydrogen) atoms. The third kappa shape index (κ3) is 6.58. The average Bonchev–Trinajstić information content (AvgIpc) is 2.48. The van der Waals surface area contributed by atoms with Gasteiger partial charge in [0, 0.05) is 11.5 Å². The van der Waals surface area contributed by atoms with Crippen molar-refractivity contribution in [3.8, 4) is 0 Å². The number of ketones is 2. The van der Waals surface area contributed by atoms with Gasteiger partial charge in [0.15, 0.2) is 11.6 Å². The maximum Gasteiger partial charge on any atom is 0.164 e. The van der Waals surface area contributed by atoms with Crippen LogP contribution in [0.25, 0.3) is 0 Å². The molecule has 0 amide bonds. The summed E-state index contributed by atoms with van der Waals surface area (Å²) in [5.74, 6) is 3.72. The van der Waals surface area contributed by atoms with Crippen LogP contribution in [0.3, 0.4) is 0 Å². The Morgan fingerprint density at radius 3 is 2.60 bits per heavy atom. The SMILES string of the molecule is CN[C@H]1CSCCCCSC[C@@H](C(=O)CN)NCC1=O. The lowest BCUT2D eigenvalue weighted by Gasteiger charge is -2.18. The maximum absolute atomic E-state index is 12.1. The third-order valence-electron chi connectivity index (χ3n) is 3.25. The fourth-order valence-corrected chi connectivity index (χ4v) is 4.18. The summed E-state index contributed by atoms with van der Waals surface area (Å²) < 4.78 is 0. The molecule has 5 nitrogen and oxygen atoms in total. The number of carbonyl (C=O) groups excluding carboxylic acids is 2. The molecule has 0 bridgehead atoms. The number of nitrogens with two attached hydrogens (primary N) is 1. The highest BCUT2D eigenvalue weighted by Gasteiger charge is 2.21. The van der Waals surface area contributed by atoms with E-state index in [0.29, 0.717) is 5.75 Å². The van der Waals surface area contributed by atoms with Crippen molar-refractivity contribution in [2.75, 3.05) is 43.1 Å². The number of hydrogen-bond acceptors (Lipinski definition) is 7. The molecule has 4 N–H and O–H groups in total. The quantitative estimate of drug-likeness (QED) is 0.669.